The summed E-state index contributed by atoms with van der Waals surface area (Å²) in [5.74, 6) is -0.124. The highest BCUT2D eigenvalue weighted by Crippen LogP contribution is 2.40. The van der Waals surface area contributed by atoms with Gasteiger partial charge in [0.05, 0.1) is 18.9 Å². The van der Waals surface area contributed by atoms with Crippen LogP contribution in [-0.2, 0) is 9.47 Å². The first-order valence-electron chi connectivity index (χ1n) is 6.05. The molecule has 2 saturated heterocycles. The third-order valence-electron chi connectivity index (χ3n) is 4.01. The van der Waals surface area contributed by atoms with Crippen molar-refractivity contribution in [3.05, 3.63) is 0 Å². The fourth-order valence-electron chi connectivity index (χ4n) is 3.20. The van der Waals surface area contributed by atoms with Gasteiger partial charge in [0, 0.05) is 37.8 Å². The van der Waals surface area contributed by atoms with Crippen LogP contribution in [0.4, 0.5) is 0 Å². The normalized spacial score (nSPS) is 40.1. The van der Waals surface area contributed by atoms with Crippen LogP contribution in [0.2, 0.25) is 0 Å². The number of rotatable bonds is 0. The van der Waals surface area contributed by atoms with Crippen LogP contribution in [0.3, 0.4) is 0 Å². The van der Waals surface area contributed by atoms with Crippen molar-refractivity contribution in [2.75, 3.05) is 19.8 Å². The third kappa shape index (κ3) is 1.63. The Labute approximate surface area is 94.8 Å². The molecule has 5 heteroatoms. The summed E-state index contributed by atoms with van der Waals surface area (Å²) in [6, 6.07) is 0.429. The molecule has 5 nitrogen and oxygen atoms in total. The Kier molecular flexibility index (Phi) is 2.61. The lowest BCUT2D eigenvalue weighted by atomic mass is 9.75. The van der Waals surface area contributed by atoms with Crippen molar-refractivity contribution < 1.29 is 14.7 Å². The van der Waals surface area contributed by atoms with Gasteiger partial charge >= 0.3 is 0 Å². The maximum atomic E-state index is 9.04. The number of nitrogens with zero attached hydrogens (tertiary/aromatic N) is 1. The third-order valence-corrected chi connectivity index (χ3v) is 4.01. The number of hydrogen-bond donors (Lipinski definition) is 2. The van der Waals surface area contributed by atoms with Crippen LogP contribution in [-0.4, -0.2) is 42.5 Å². The van der Waals surface area contributed by atoms with E-state index >= 15 is 0 Å². The van der Waals surface area contributed by atoms with Gasteiger partial charge in [0.2, 0.25) is 0 Å². The maximum absolute atomic E-state index is 9.04. The van der Waals surface area contributed by atoms with Crippen molar-refractivity contribution in [2.24, 2.45) is 11.1 Å². The lowest BCUT2D eigenvalue weighted by Gasteiger charge is -2.43. The highest BCUT2D eigenvalue weighted by molar-refractivity contribution is 5.88. The van der Waals surface area contributed by atoms with Crippen LogP contribution < -0.4 is 5.32 Å². The molecule has 2 heterocycles. The molecule has 0 amide bonds. The number of hydrogen-bond acceptors (Lipinski definition) is 5. The van der Waals surface area contributed by atoms with Crippen molar-refractivity contribution >= 4 is 5.71 Å². The van der Waals surface area contributed by atoms with Crippen LogP contribution in [0.25, 0.3) is 0 Å². The first-order valence-corrected chi connectivity index (χ1v) is 6.05. The number of piperidine rings is 1. The van der Waals surface area contributed by atoms with Gasteiger partial charge in [0.1, 0.15) is 0 Å². The number of oxime groups is 1. The van der Waals surface area contributed by atoms with Gasteiger partial charge in [0.15, 0.2) is 5.79 Å². The zero-order chi connectivity index (χ0) is 11.0. The molecule has 1 saturated carbocycles. The first-order chi connectivity index (χ1) is 7.83. The predicted octanol–water partition coefficient (Wildman–Crippen LogP) is 0.722. The molecular weight excluding hydrogens is 208 g/mol. The van der Waals surface area contributed by atoms with E-state index < -0.39 is 5.79 Å². The summed E-state index contributed by atoms with van der Waals surface area (Å²) in [7, 11) is 0. The van der Waals surface area contributed by atoms with Gasteiger partial charge in [0.25, 0.3) is 0 Å². The number of fused-ring (bicyclic) bond motifs is 1. The molecular formula is C11H18N2O3. The van der Waals surface area contributed by atoms with E-state index in [2.05, 4.69) is 10.5 Å². The lowest BCUT2D eigenvalue weighted by Crippen LogP contribution is -2.54. The smallest absolute Gasteiger partial charge is 0.169 e. The standard InChI is InChI=1S/C11H18N2O3/c14-13-10-2-4-12-9-1-3-11(7-8(9)10)15-5-6-16-11/h8-9,12,14H,1-7H2/b13-10+. The summed E-state index contributed by atoms with van der Waals surface area (Å²) < 4.78 is 11.5. The second kappa shape index (κ2) is 3.98. The van der Waals surface area contributed by atoms with Crippen molar-refractivity contribution in [3.8, 4) is 0 Å². The molecule has 90 valence electrons. The second-order valence-corrected chi connectivity index (χ2v) is 4.86. The topological polar surface area (TPSA) is 63.1 Å². The molecule has 1 aliphatic carbocycles. The Morgan fingerprint density at radius 2 is 2.19 bits per heavy atom. The molecule has 2 aliphatic heterocycles. The van der Waals surface area contributed by atoms with Gasteiger partial charge < -0.3 is 20.0 Å². The molecule has 3 aliphatic rings. The van der Waals surface area contributed by atoms with E-state index in [1.54, 1.807) is 0 Å². The minimum atomic E-state index is -0.393. The number of nitrogens with one attached hydrogen (secondary N) is 1. The Balaban J connectivity index is 1.79. The molecule has 3 fully saturated rings. The number of ether oxygens (including phenoxy) is 2. The average Bonchev–Trinajstić information content (AvgIpc) is 2.77. The van der Waals surface area contributed by atoms with Gasteiger partial charge in [-0.05, 0) is 6.42 Å². The molecule has 3 rings (SSSR count). The average molecular weight is 226 g/mol. The SMILES string of the molecule is O/N=C1\CCNC2CCC3(CC12)OCCO3. The van der Waals surface area contributed by atoms with Gasteiger partial charge in [-0.25, -0.2) is 0 Å². The molecule has 16 heavy (non-hydrogen) atoms. The summed E-state index contributed by atoms with van der Waals surface area (Å²) in [5, 5.41) is 16.0. The Morgan fingerprint density at radius 1 is 1.38 bits per heavy atom. The summed E-state index contributed by atoms with van der Waals surface area (Å²) in [6.07, 6.45) is 3.63. The highest BCUT2D eigenvalue weighted by Gasteiger charge is 2.47. The molecule has 2 unspecified atom stereocenters. The van der Waals surface area contributed by atoms with Gasteiger partial charge in [-0.2, -0.15) is 0 Å². The van der Waals surface area contributed by atoms with E-state index in [1.807, 2.05) is 0 Å². The quantitative estimate of drug-likeness (QED) is 0.472. The van der Waals surface area contributed by atoms with E-state index in [4.69, 9.17) is 14.7 Å². The van der Waals surface area contributed by atoms with Gasteiger partial charge in [-0.1, -0.05) is 5.16 Å². The van der Waals surface area contributed by atoms with Crippen LogP contribution in [0.1, 0.15) is 25.7 Å². The van der Waals surface area contributed by atoms with Crippen molar-refractivity contribution in [1.82, 2.24) is 5.32 Å². The first kappa shape index (κ1) is 10.5. The summed E-state index contributed by atoms with van der Waals surface area (Å²) in [5.41, 5.74) is 0.905. The largest absolute Gasteiger partial charge is 0.411 e. The summed E-state index contributed by atoms with van der Waals surface area (Å²) in [4.78, 5) is 0. The van der Waals surface area contributed by atoms with Crippen LogP contribution in [0, 0.1) is 5.92 Å². The molecule has 0 aromatic carbocycles. The lowest BCUT2D eigenvalue weighted by molar-refractivity contribution is -0.186. The second-order valence-electron chi connectivity index (χ2n) is 4.86. The van der Waals surface area contributed by atoms with E-state index in [0.717, 1.165) is 37.9 Å². The monoisotopic (exact) mass is 226 g/mol. The minimum Gasteiger partial charge on any atom is -0.411 e. The Morgan fingerprint density at radius 3 is 2.94 bits per heavy atom. The zero-order valence-electron chi connectivity index (χ0n) is 9.32. The van der Waals surface area contributed by atoms with Crippen LogP contribution in [0.15, 0.2) is 5.16 Å². The Bertz CT molecular complexity index is 300. The van der Waals surface area contributed by atoms with Crippen LogP contribution in [0.5, 0.6) is 0 Å². The fourth-order valence-corrected chi connectivity index (χ4v) is 3.20. The van der Waals surface area contributed by atoms with E-state index in [1.165, 1.54) is 0 Å². The Hall–Kier alpha value is -0.650. The van der Waals surface area contributed by atoms with Gasteiger partial charge in [-0.15, -0.1) is 0 Å². The van der Waals surface area contributed by atoms with Crippen molar-refractivity contribution in [1.29, 1.82) is 0 Å². The van der Waals surface area contributed by atoms with E-state index in [9.17, 15) is 0 Å². The zero-order valence-corrected chi connectivity index (χ0v) is 9.32. The predicted molar refractivity (Wildman–Crippen MR) is 57.6 cm³/mol. The summed E-state index contributed by atoms with van der Waals surface area (Å²) in [6.45, 7) is 2.29. The minimum absolute atomic E-state index is 0.269. The molecule has 0 aromatic heterocycles. The van der Waals surface area contributed by atoms with E-state index in [0.29, 0.717) is 19.3 Å². The van der Waals surface area contributed by atoms with Crippen molar-refractivity contribution in [3.63, 3.8) is 0 Å². The van der Waals surface area contributed by atoms with E-state index in [-0.39, 0.29) is 5.92 Å². The van der Waals surface area contributed by atoms with Crippen molar-refractivity contribution in [2.45, 2.75) is 37.5 Å². The van der Waals surface area contributed by atoms with Gasteiger partial charge in [-0.3, -0.25) is 0 Å². The molecule has 0 bridgehead atoms. The molecule has 2 atom stereocenters. The van der Waals surface area contributed by atoms with Crippen LogP contribution >= 0.6 is 0 Å². The highest BCUT2D eigenvalue weighted by atomic mass is 16.7. The maximum Gasteiger partial charge on any atom is 0.169 e. The molecule has 0 radical (unpaired) electrons. The fraction of sp³-hybridized carbons (Fsp3) is 0.909. The summed E-state index contributed by atoms with van der Waals surface area (Å²) >= 11 is 0. The molecule has 1 spiro atoms. The molecule has 0 aromatic rings. The molecule has 2 N–H and O–H groups in total.